The zero-order valence-corrected chi connectivity index (χ0v) is 15.9. The number of nitrogens with zero attached hydrogens (tertiary/aromatic N) is 2. The molecule has 2 atom stereocenters. The van der Waals surface area contributed by atoms with Gasteiger partial charge < -0.3 is 32.6 Å². The fourth-order valence-electron chi connectivity index (χ4n) is 1.77. The standard InChI is InChI=1S/C14H18F2N6O4.2ClH/c15-9(11(23)25-21-13(17)18)5-7-2-1-3-8(4-7)6-10(16)12(24)26-22-14(19)20;;/h1-4,9-10H,5-6H2,(H4,17,18,21)(H4,19,20,22);2*1H. The third-order valence-electron chi connectivity index (χ3n) is 2.81. The molecule has 0 amide bonds. The van der Waals surface area contributed by atoms with Crippen molar-refractivity contribution in [3.8, 4) is 0 Å². The van der Waals surface area contributed by atoms with Crippen molar-refractivity contribution in [3.63, 3.8) is 0 Å². The summed E-state index contributed by atoms with van der Waals surface area (Å²) in [5.74, 6) is -3.63. The number of oxime groups is 2. The molecule has 1 aromatic carbocycles. The molecule has 0 fully saturated rings. The first-order chi connectivity index (χ1) is 12.2. The number of halogens is 4. The number of rotatable bonds is 8. The normalized spacial score (nSPS) is 11.5. The maximum absolute atomic E-state index is 13.8. The van der Waals surface area contributed by atoms with Crippen LogP contribution in [0.5, 0.6) is 0 Å². The van der Waals surface area contributed by atoms with Gasteiger partial charge in [0.15, 0.2) is 0 Å². The van der Waals surface area contributed by atoms with E-state index >= 15 is 0 Å². The number of carbonyl (C=O) groups excluding carboxylic acids is 2. The van der Waals surface area contributed by atoms with Gasteiger partial charge in [0, 0.05) is 12.8 Å². The van der Waals surface area contributed by atoms with E-state index in [1.54, 1.807) is 0 Å². The minimum atomic E-state index is -2.04. The number of alkyl halides is 2. The molecule has 14 heteroatoms. The van der Waals surface area contributed by atoms with Crippen molar-refractivity contribution in [2.75, 3.05) is 0 Å². The molecular formula is C14H20Cl2F2N6O4. The molecule has 10 nitrogen and oxygen atoms in total. The van der Waals surface area contributed by atoms with Gasteiger partial charge >= 0.3 is 11.9 Å². The van der Waals surface area contributed by atoms with Crippen molar-refractivity contribution in [1.82, 2.24) is 0 Å². The first kappa shape index (κ1) is 27.4. The van der Waals surface area contributed by atoms with E-state index in [2.05, 4.69) is 20.0 Å². The third-order valence-corrected chi connectivity index (χ3v) is 2.81. The van der Waals surface area contributed by atoms with Crippen LogP contribution in [-0.4, -0.2) is 36.2 Å². The van der Waals surface area contributed by atoms with Crippen LogP contribution in [0.2, 0.25) is 0 Å². The summed E-state index contributed by atoms with van der Waals surface area (Å²) in [6.07, 6.45) is -4.80. The van der Waals surface area contributed by atoms with Crippen LogP contribution in [0.3, 0.4) is 0 Å². The molecule has 1 rings (SSSR count). The second kappa shape index (κ2) is 13.3. The Kier molecular flexibility index (Phi) is 13.0. The predicted octanol–water partition coefficient (Wildman–Crippen LogP) is -0.245. The second-order valence-corrected chi connectivity index (χ2v) is 5.02. The topological polar surface area (TPSA) is 181 Å². The predicted molar refractivity (Wildman–Crippen MR) is 102 cm³/mol. The lowest BCUT2D eigenvalue weighted by Gasteiger charge is -2.09. The smallest absolute Gasteiger partial charge is 0.367 e. The number of hydrogen-bond donors (Lipinski definition) is 4. The molecule has 158 valence electrons. The highest BCUT2D eigenvalue weighted by molar-refractivity contribution is 5.85. The van der Waals surface area contributed by atoms with Crippen LogP contribution in [0.1, 0.15) is 11.1 Å². The third kappa shape index (κ3) is 10.3. The second-order valence-electron chi connectivity index (χ2n) is 5.02. The summed E-state index contributed by atoms with van der Waals surface area (Å²) in [5.41, 5.74) is 20.5. The number of nitrogens with two attached hydrogens (primary N) is 4. The monoisotopic (exact) mass is 444 g/mol. The van der Waals surface area contributed by atoms with E-state index in [1.165, 1.54) is 24.3 Å². The average molecular weight is 445 g/mol. The first-order valence-corrected chi connectivity index (χ1v) is 7.14. The van der Waals surface area contributed by atoms with Gasteiger partial charge in [-0.05, 0) is 21.4 Å². The molecule has 0 aliphatic carbocycles. The van der Waals surface area contributed by atoms with Crippen LogP contribution < -0.4 is 22.9 Å². The zero-order valence-electron chi connectivity index (χ0n) is 14.3. The minimum absolute atomic E-state index is 0. The lowest BCUT2D eigenvalue weighted by Crippen LogP contribution is -2.26. The van der Waals surface area contributed by atoms with Gasteiger partial charge in [-0.1, -0.05) is 24.3 Å². The molecule has 28 heavy (non-hydrogen) atoms. The molecule has 0 saturated carbocycles. The summed E-state index contributed by atoms with van der Waals surface area (Å²) in [7, 11) is 0. The van der Waals surface area contributed by atoms with Gasteiger partial charge in [0.25, 0.3) is 0 Å². The van der Waals surface area contributed by atoms with Gasteiger partial charge in [-0.2, -0.15) is 0 Å². The van der Waals surface area contributed by atoms with Crippen molar-refractivity contribution in [2.24, 2.45) is 33.2 Å². The highest BCUT2D eigenvalue weighted by atomic mass is 35.5. The van der Waals surface area contributed by atoms with Crippen LogP contribution in [-0.2, 0) is 32.1 Å². The summed E-state index contributed by atoms with van der Waals surface area (Å²) >= 11 is 0. The van der Waals surface area contributed by atoms with Crippen LogP contribution >= 0.6 is 24.8 Å². The van der Waals surface area contributed by atoms with E-state index in [1.807, 2.05) is 0 Å². The van der Waals surface area contributed by atoms with E-state index in [-0.39, 0.29) is 37.7 Å². The van der Waals surface area contributed by atoms with Crippen molar-refractivity contribution >= 4 is 48.7 Å². The van der Waals surface area contributed by atoms with E-state index < -0.39 is 36.2 Å². The lowest BCUT2D eigenvalue weighted by atomic mass is 10.0. The fourth-order valence-corrected chi connectivity index (χ4v) is 1.77. The molecular weight excluding hydrogens is 425 g/mol. The molecule has 2 unspecified atom stereocenters. The number of hydrogen-bond acceptors (Lipinski definition) is 6. The van der Waals surface area contributed by atoms with Gasteiger partial charge in [0.2, 0.25) is 24.3 Å². The Hall–Kier alpha value is -2.86. The zero-order chi connectivity index (χ0) is 19.7. The quantitative estimate of drug-likeness (QED) is 0.183. The molecule has 0 saturated heterocycles. The van der Waals surface area contributed by atoms with E-state index in [0.29, 0.717) is 11.1 Å². The fraction of sp³-hybridized carbons (Fsp3) is 0.286. The van der Waals surface area contributed by atoms with Gasteiger partial charge in [0.1, 0.15) is 0 Å². The van der Waals surface area contributed by atoms with Gasteiger partial charge in [-0.15, -0.1) is 24.8 Å². The molecule has 0 aliphatic heterocycles. The van der Waals surface area contributed by atoms with Gasteiger partial charge in [0.05, 0.1) is 0 Å². The van der Waals surface area contributed by atoms with Crippen molar-refractivity contribution in [1.29, 1.82) is 0 Å². The van der Waals surface area contributed by atoms with Crippen molar-refractivity contribution in [3.05, 3.63) is 35.4 Å². The van der Waals surface area contributed by atoms with E-state index in [0.717, 1.165) is 0 Å². The SMILES string of the molecule is Cl.Cl.NC(N)=NOC(=O)C(F)Cc1cccc(CC(F)C(=O)ON=C(N)N)c1. The summed E-state index contributed by atoms with van der Waals surface area (Å²) in [6, 6.07) is 5.94. The number of carbonyl (C=O) groups is 2. The Labute approximate surface area is 171 Å². The molecule has 0 bridgehead atoms. The van der Waals surface area contributed by atoms with Crippen LogP contribution in [0.4, 0.5) is 8.78 Å². The molecule has 0 aliphatic rings. The highest BCUT2D eigenvalue weighted by Gasteiger charge is 2.22. The van der Waals surface area contributed by atoms with Crippen molar-refractivity contribution < 1.29 is 28.0 Å². The van der Waals surface area contributed by atoms with Crippen LogP contribution in [0, 0.1) is 0 Å². The lowest BCUT2D eigenvalue weighted by molar-refractivity contribution is -0.150. The first-order valence-electron chi connectivity index (χ1n) is 7.14. The van der Waals surface area contributed by atoms with Crippen molar-refractivity contribution in [2.45, 2.75) is 25.2 Å². The van der Waals surface area contributed by atoms with Crippen LogP contribution in [0.25, 0.3) is 0 Å². The number of benzene rings is 1. The molecule has 0 aromatic heterocycles. The van der Waals surface area contributed by atoms with E-state index in [9.17, 15) is 18.4 Å². The Morgan fingerprint density at radius 2 is 1.21 bits per heavy atom. The Balaban J connectivity index is 0. The Morgan fingerprint density at radius 1 is 0.857 bits per heavy atom. The summed E-state index contributed by atoms with van der Waals surface area (Å²) < 4.78 is 27.6. The van der Waals surface area contributed by atoms with E-state index in [4.69, 9.17) is 22.9 Å². The Bertz CT molecular complexity index is 660. The molecule has 8 N–H and O–H groups in total. The minimum Gasteiger partial charge on any atom is -0.367 e. The molecule has 0 heterocycles. The maximum Gasteiger partial charge on any atom is 0.369 e. The van der Waals surface area contributed by atoms with Crippen LogP contribution in [0.15, 0.2) is 34.6 Å². The summed E-state index contributed by atoms with van der Waals surface area (Å²) in [6.45, 7) is 0. The molecule has 0 radical (unpaired) electrons. The Morgan fingerprint density at radius 3 is 1.54 bits per heavy atom. The maximum atomic E-state index is 13.8. The molecule has 0 spiro atoms. The molecule has 1 aromatic rings. The summed E-state index contributed by atoms with van der Waals surface area (Å²) in [4.78, 5) is 31.1. The highest BCUT2D eigenvalue weighted by Crippen LogP contribution is 2.14. The largest absolute Gasteiger partial charge is 0.369 e. The average Bonchev–Trinajstić information content (AvgIpc) is 2.57. The van der Waals surface area contributed by atoms with Gasteiger partial charge in [-0.3, -0.25) is 0 Å². The summed E-state index contributed by atoms with van der Waals surface area (Å²) in [5, 5.41) is 5.89. The number of guanidine groups is 2. The van der Waals surface area contributed by atoms with Gasteiger partial charge in [-0.25, -0.2) is 18.4 Å².